The van der Waals surface area contributed by atoms with Gasteiger partial charge in [0.2, 0.25) is 11.8 Å². The fourth-order valence-corrected chi connectivity index (χ4v) is 4.33. The highest BCUT2D eigenvalue weighted by Crippen LogP contribution is 2.55. The molecule has 8 nitrogen and oxygen atoms in total. The maximum absolute atomic E-state index is 13.8. The molecule has 5 rings (SSSR count). The van der Waals surface area contributed by atoms with Crippen LogP contribution in [0.5, 0.6) is 5.75 Å². The third-order valence-electron chi connectivity index (χ3n) is 5.47. The molecule has 0 radical (unpaired) electrons. The number of nitriles is 1. The van der Waals surface area contributed by atoms with Crippen molar-refractivity contribution in [3.63, 3.8) is 0 Å². The van der Waals surface area contributed by atoms with Crippen molar-refractivity contribution >= 4 is 28.5 Å². The van der Waals surface area contributed by atoms with Crippen molar-refractivity contribution in [2.45, 2.75) is 12.3 Å². The van der Waals surface area contributed by atoms with Gasteiger partial charge in [0, 0.05) is 12.5 Å². The largest absolute Gasteiger partial charge is 0.439 e. The van der Waals surface area contributed by atoms with Gasteiger partial charge in [-0.3, -0.25) is 9.59 Å². The summed E-state index contributed by atoms with van der Waals surface area (Å²) in [5.74, 6) is -1.61. The number of hydrogen-bond acceptors (Lipinski definition) is 7. The summed E-state index contributed by atoms with van der Waals surface area (Å²) in [6, 6.07) is 15.0. The van der Waals surface area contributed by atoms with Gasteiger partial charge in [0.25, 0.3) is 5.91 Å². The third-order valence-corrected chi connectivity index (χ3v) is 5.47. The molecule has 0 aliphatic carbocycles. The topological polar surface area (TPSA) is 127 Å². The summed E-state index contributed by atoms with van der Waals surface area (Å²) in [6.07, 6.45) is 0. The number of ether oxygens (including phenoxy) is 1. The van der Waals surface area contributed by atoms with Gasteiger partial charge in [0.05, 0.1) is 11.1 Å². The number of rotatable bonds is 0. The molecular formula is C22H13N3O5. The zero-order valence-electron chi connectivity index (χ0n) is 15.6. The first-order chi connectivity index (χ1) is 14.4. The molecule has 2 aliphatic heterocycles. The lowest BCUT2D eigenvalue weighted by Crippen LogP contribution is -2.49. The van der Waals surface area contributed by atoms with Gasteiger partial charge in [-0.25, -0.2) is 9.69 Å². The average Bonchev–Trinajstić information content (AvgIpc) is 2.97. The van der Waals surface area contributed by atoms with Gasteiger partial charge in [-0.1, -0.05) is 30.3 Å². The van der Waals surface area contributed by atoms with Gasteiger partial charge in [-0.2, -0.15) is 5.26 Å². The van der Waals surface area contributed by atoms with E-state index in [1.807, 2.05) is 6.07 Å². The molecule has 2 aromatic carbocycles. The molecule has 1 atom stereocenters. The normalized spacial score (nSPS) is 19.5. The zero-order valence-corrected chi connectivity index (χ0v) is 15.6. The molecule has 0 unspecified atom stereocenters. The molecule has 0 saturated carbocycles. The van der Waals surface area contributed by atoms with E-state index in [-0.39, 0.29) is 39.6 Å². The zero-order chi connectivity index (χ0) is 21.2. The standard InChI is InChI=1S/C22H13N3O5/c1-11(26)25-15-8-4-3-7-13(15)22(21(25)28)14(10-23)19(24)30-18-12-6-2-5-9-16(12)29-20(27)17(18)22/h2-9H,24H2,1H3/t22-/m0/s1. The minimum absolute atomic E-state index is 0.0342. The molecule has 0 bridgehead atoms. The van der Waals surface area contributed by atoms with E-state index in [0.29, 0.717) is 5.39 Å². The number of carbonyl (C=O) groups excluding carboxylic acids is 2. The van der Waals surface area contributed by atoms with E-state index < -0.39 is 22.9 Å². The molecule has 3 heterocycles. The van der Waals surface area contributed by atoms with Crippen LogP contribution < -0.4 is 21.0 Å². The number of imide groups is 1. The number of amides is 2. The van der Waals surface area contributed by atoms with Crippen LogP contribution in [0.15, 0.2) is 69.2 Å². The monoisotopic (exact) mass is 399 g/mol. The van der Waals surface area contributed by atoms with E-state index in [1.165, 1.54) is 6.92 Å². The number of nitrogens with two attached hydrogens (primary N) is 1. The summed E-state index contributed by atoms with van der Waals surface area (Å²) in [4.78, 5) is 40.3. The van der Waals surface area contributed by atoms with Gasteiger partial charge in [0.1, 0.15) is 22.8 Å². The molecule has 2 amide bonds. The molecule has 2 aliphatic rings. The number of fused-ring (bicyclic) bond motifs is 6. The Labute approximate surface area is 169 Å². The highest BCUT2D eigenvalue weighted by Gasteiger charge is 2.62. The van der Waals surface area contributed by atoms with Gasteiger partial charge in [-0.15, -0.1) is 0 Å². The fourth-order valence-electron chi connectivity index (χ4n) is 4.33. The van der Waals surface area contributed by atoms with Gasteiger partial charge >= 0.3 is 5.63 Å². The van der Waals surface area contributed by atoms with Crippen LogP contribution in [-0.4, -0.2) is 11.8 Å². The highest BCUT2D eigenvalue weighted by atomic mass is 16.5. The van der Waals surface area contributed by atoms with Crippen LogP contribution in [0, 0.1) is 11.3 Å². The van der Waals surface area contributed by atoms with Crippen molar-refractivity contribution in [3.8, 4) is 11.8 Å². The van der Waals surface area contributed by atoms with Crippen molar-refractivity contribution < 1.29 is 18.7 Å². The lowest BCUT2D eigenvalue weighted by molar-refractivity contribution is -0.126. The molecule has 146 valence electrons. The highest BCUT2D eigenvalue weighted by molar-refractivity contribution is 6.25. The summed E-state index contributed by atoms with van der Waals surface area (Å²) in [7, 11) is 0. The van der Waals surface area contributed by atoms with E-state index in [1.54, 1.807) is 48.5 Å². The first-order valence-electron chi connectivity index (χ1n) is 9.02. The number of para-hydroxylation sites is 2. The van der Waals surface area contributed by atoms with Crippen LogP contribution >= 0.6 is 0 Å². The van der Waals surface area contributed by atoms with Crippen molar-refractivity contribution in [3.05, 3.63) is 81.5 Å². The lowest BCUT2D eigenvalue weighted by atomic mass is 9.69. The smallest absolute Gasteiger partial charge is 0.345 e. The number of hydrogen-bond donors (Lipinski definition) is 1. The number of benzene rings is 2. The Kier molecular flexibility index (Phi) is 3.43. The second kappa shape index (κ2) is 5.81. The first-order valence-corrected chi connectivity index (χ1v) is 9.02. The van der Waals surface area contributed by atoms with Crippen molar-refractivity contribution in [2.24, 2.45) is 5.73 Å². The van der Waals surface area contributed by atoms with E-state index in [0.717, 1.165) is 4.90 Å². The van der Waals surface area contributed by atoms with E-state index >= 15 is 0 Å². The summed E-state index contributed by atoms with van der Waals surface area (Å²) < 4.78 is 11.2. The summed E-state index contributed by atoms with van der Waals surface area (Å²) >= 11 is 0. The SMILES string of the molecule is CC(=O)N1C(=O)[C@]2(C(C#N)=C(N)Oc3c2c(=O)oc2ccccc32)c2ccccc21. The molecule has 0 fully saturated rings. The van der Waals surface area contributed by atoms with E-state index in [9.17, 15) is 19.6 Å². The Morgan fingerprint density at radius 1 is 1.13 bits per heavy atom. The number of nitrogens with zero attached hydrogens (tertiary/aromatic N) is 2. The molecular weight excluding hydrogens is 386 g/mol. The second-order valence-electron chi connectivity index (χ2n) is 6.97. The first kappa shape index (κ1) is 17.7. The van der Waals surface area contributed by atoms with Crippen LogP contribution in [0.2, 0.25) is 0 Å². The molecule has 3 aromatic rings. The molecule has 0 saturated heterocycles. The van der Waals surface area contributed by atoms with Crippen molar-refractivity contribution in [1.82, 2.24) is 0 Å². The molecule has 30 heavy (non-hydrogen) atoms. The van der Waals surface area contributed by atoms with Gasteiger partial charge < -0.3 is 14.9 Å². The fraction of sp³-hybridized carbons (Fsp3) is 0.0909. The minimum Gasteiger partial charge on any atom is -0.439 e. The maximum atomic E-state index is 13.8. The van der Waals surface area contributed by atoms with E-state index in [2.05, 4.69) is 0 Å². The summed E-state index contributed by atoms with van der Waals surface area (Å²) in [6.45, 7) is 1.23. The van der Waals surface area contributed by atoms with E-state index in [4.69, 9.17) is 14.9 Å². The number of carbonyl (C=O) groups is 2. The van der Waals surface area contributed by atoms with Crippen LogP contribution in [0.1, 0.15) is 18.1 Å². The Balaban J connectivity index is 2.03. The quantitative estimate of drug-likeness (QED) is 0.573. The number of anilines is 1. The predicted octanol–water partition coefficient (Wildman–Crippen LogP) is 2.06. The second-order valence-corrected chi connectivity index (χ2v) is 6.97. The average molecular weight is 399 g/mol. The Bertz CT molecular complexity index is 1430. The Morgan fingerprint density at radius 3 is 2.57 bits per heavy atom. The van der Waals surface area contributed by atoms with Gasteiger partial charge in [0.15, 0.2) is 11.2 Å². The van der Waals surface area contributed by atoms with Crippen LogP contribution in [0.25, 0.3) is 11.0 Å². The van der Waals surface area contributed by atoms with Crippen molar-refractivity contribution in [2.75, 3.05) is 4.90 Å². The Hall–Kier alpha value is -4.38. The van der Waals surface area contributed by atoms with Gasteiger partial charge in [-0.05, 0) is 18.2 Å². The van der Waals surface area contributed by atoms with Crippen LogP contribution in [0.4, 0.5) is 5.69 Å². The predicted molar refractivity (Wildman–Crippen MR) is 105 cm³/mol. The molecule has 1 aromatic heterocycles. The van der Waals surface area contributed by atoms with Crippen molar-refractivity contribution in [1.29, 1.82) is 5.26 Å². The summed E-state index contributed by atoms with van der Waals surface area (Å²) in [5, 5.41) is 10.3. The molecule has 1 spiro atoms. The van der Waals surface area contributed by atoms with Crippen LogP contribution in [-0.2, 0) is 15.0 Å². The molecule has 8 heteroatoms. The maximum Gasteiger partial charge on any atom is 0.345 e. The lowest BCUT2D eigenvalue weighted by Gasteiger charge is -2.33. The Morgan fingerprint density at radius 2 is 1.83 bits per heavy atom. The molecule has 2 N–H and O–H groups in total. The summed E-state index contributed by atoms with van der Waals surface area (Å²) in [5.41, 5.74) is 3.66. The van der Waals surface area contributed by atoms with Crippen LogP contribution in [0.3, 0.4) is 0 Å². The minimum atomic E-state index is -1.95. The third kappa shape index (κ3) is 1.91.